The van der Waals surface area contributed by atoms with Crippen molar-refractivity contribution in [3.63, 3.8) is 0 Å². The highest BCUT2D eigenvalue weighted by molar-refractivity contribution is 7.89. The summed E-state index contributed by atoms with van der Waals surface area (Å²) in [4.78, 5) is 0.324. The van der Waals surface area contributed by atoms with Crippen molar-refractivity contribution in [3.05, 3.63) is 35.7 Å². The maximum absolute atomic E-state index is 12.4. The number of rotatable bonds is 7. The normalized spacial score (nSPS) is 15.0. The summed E-state index contributed by atoms with van der Waals surface area (Å²) in [5, 5.41) is 11.4. The van der Waals surface area contributed by atoms with Gasteiger partial charge in [0.25, 0.3) is 0 Å². The minimum Gasteiger partial charge on any atom is -0.379 e. The SMILES string of the molecule is Cc1c(NCc2cn(C(C)C)nn2)cccc1S(=O)(=O)NC1CC1. The van der Waals surface area contributed by atoms with Gasteiger partial charge in [-0.25, -0.2) is 17.8 Å². The van der Waals surface area contributed by atoms with Crippen LogP contribution in [0.2, 0.25) is 0 Å². The molecular formula is C16H23N5O2S. The molecule has 130 valence electrons. The van der Waals surface area contributed by atoms with Gasteiger partial charge < -0.3 is 5.32 Å². The molecule has 0 saturated heterocycles. The molecule has 1 aliphatic carbocycles. The molecule has 0 unspecified atom stereocenters. The van der Waals surface area contributed by atoms with Crippen LogP contribution in [0.1, 0.15) is 44.0 Å². The highest BCUT2D eigenvalue weighted by atomic mass is 32.2. The van der Waals surface area contributed by atoms with E-state index in [1.54, 1.807) is 16.8 Å². The Labute approximate surface area is 142 Å². The second-order valence-electron chi connectivity index (χ2n) is 6.46. The van der Waals surface area contributed by atoms with Crippen LogP contribution >= 0.6 is 0 Å². The van der Waals surface area contributed by atoms with Crippen molar-refractivity contribution in [2.45, 2.75) is 57.1 Å². The van der Waals surface area contributed by atoms with E-state index in [9.17, 15) is 8.42 Å². The smallest absolute Gasteiger partial charge is 0.241 e. The van der Waals surface area contributed by atoms with Gasteiger partial charge in [-0.05, 0) is 51.3 Å². The molecule has 0 atom stereocenters. The third-order valence-electron chi connectivity index (χ3n) is 4.02. The summed E-state index contributed by atoms with van der Waals surface area (Å²) in [5.74, 6) is 0. The molecule has 0 bridgehead atoms. The van der Waals surface area contributed by atoms with E-state index < -0.39 is 10.0 Å². The maximum atomic E-state index is 12.4. The first-order chi connectivity index (χ1) is 11.4. The fourth-order valence-electron chi connectivity index (χ4n) is 2.41. The lowest BCUT2D eigenvalue weighted by atomic mass is 10.2. The van der Waals surface area contributed by atoms with E-state index in [1.165, 1.54) is 0 Å². The van der Waals surface area contributed by atoms with Gasteiger partial charge >= 0.3 is 0 Å². The molecule has 0 aliphatic heterocycles. The fraction of sp³-hybridized carbons (Fsp3) is 0.500. The molecule has 2 aromatic rings. The van der Waals surface area contributed by atoms with Crippen molar-refractivity contribution in [3.8, 4) is 0 Å². The molecule has 1 aliphatic rings. The van der Waals surface area contributed by atoms with E-state index in [4.69, 9.17) is 0 Å². The standard InChI is InChI=1S/C16H23N5O2S/c1-11(2)21-10-14(18-20-21)9-17-15-5-4-6-16(12(15)3)24(22,23)19-13-7-8-13/h4-6,10-11,13,17,19H,7-9H2,1-3H3. The van der Waals surface area contributed by atoms with E-state index in [0.717, 1.165) is 24.2 Å². The van der Waals surface area contributed by atoms with Crippen LogP contribution < -0.4 is 10.0 Å². The van der Waals surface area contributed by atoms with Gasteiger partial charge in [-0.3, -0.25) is 0 Å². The third kappa shape index (κ3) is 3.76. The van der Waals surface area contributed by atoms with E-state index in [-0.39, 0.29) is 12.1 Å². The average Bonchev–Trinajstić information content (AvgIpc) is 3.18. The molecule has 1 fully saturated rings. The maximum Gasteiger partial charge on any atom is 0.241 e. The number of nitrogens with one attached hydrogen (secondary N) is 2. The molecule has 8 heteroatoms. The Hall–Kier alpha value is -1.93. The summed E-state index contributed by atoms with van der Waals surface area (Å²) in [5.41, 5.74) is 2.31. The van der Waals surface area contributed by atoms with E-state index in [2.05, 4.69) is 20.4 Å². The zero-order chi connectivity index (χ0) is 17.3. The summed E-state index contributed by atoms with van der Waals surface area (Å²) in [7, 11) is -3.46. The van der Waals surface area contributed by atoms with Gasteiger partial charge in [-0.1, -0.05) is 11.3 Å². The number of hydrogen-bond acceptors (Lipinski definition) is 5. The van der Waals surface area contributed by atoms with Crippen molar-refractivity contribution < 1.29 is 8.42 Å². The van der Waals surface area contributed by atoms with Crippen molar-refractivity contribution in [2.24, 2.45) is 0 Å². The van der Waals surface area contributed by atoms with Gasteiger partial charge in [0.1, 0.15) is 5.69 Å². The highest BCUT2D eigenvalue weighted by Crippen LogP contribution is 2.26. The minimum absolute atomic E-state index is 0.0945. The molecule has 0 amide bonds. The Bertz CT molecular complexity index is 825. The fourth-order valence-corrected chi connectivity index (χ4v) is 3.99. The van der Waals surface area contributed by atoms with Crippen LogP contribution in [0, 0.1) is 6.92 Å². The molecular weight excluding hydrogens is 326 g/mol. The Morgan fingerprint density at radius 2 is 2.08 bits per heavy atom. The highest BCUT2D eigenvalue weighted by Gasteiger charge is 2.29. The van der Waals surface area contributed by atoms with Crippen LogP contribution in [0.25, 0.3) is 0 Å². The Balaban J connectivity index is 1.75. The number of nitrogens with zero attached hydrogens (tertiary/aromatic N) is 3. The Morgan fingerprint density at radius 1 is 1.33 bits per heavy atom. The molecule has 1 aromatic heterocycles. The zero-order valence-electron chi connectivity index (χ0n) is 14.2. The summed E-state index contributed by atoms with van der Waals surface area (Å²) in [6.45, 7) is 6.39. The van der Waals surface area contributed by atoms with Gasteiger partial charge in [0.2, 0.25) is 10.0 Å². The molecule has 1 saturated carbocycles. The Morgan fingerprint density at radius 3 is 2.71 bits per heavy atom. The van der Waals surface area contributed by atoms with Crippen LogP contribution in [-0.4, -0.2) is 29.5 Å². The van der Waals surface area contributed by atoms with Crippen molar-refractivity contribution in [2.75, 3.05) is 5.32 Å². The summed E-state index contributed by atoms with van der Waals surface area (Å²) in [6.07, 6.45) is 3.73. The molecule has 7 nitrogen and oxygen atoms in total. The third-order valence-corrected chi connectivity index (χ3v) is 5.68. The largest absolute Gasteiger partial charge is 0.379 e. The second kappa shape index (κ2) is 6.52. The van der Waals surface area contributed by atoms with Crippen LogP contribution in [0.5, 0.6) is 0 Å². The van der Waals surface area contributed by atoms with Crippen LogP contribution in [-0.2, 0) is 16.6 Å². The molecule has 24 heavy (non-hydrogen) atoms. The number of sulfonamides is 1. The molecule has 1 aromatic carbocycles. The van der Waals surface area contributed by atoms with Gasteiger partial charge in [0, 0.05) is 17.8 Å². The van der Waals surface area contributed by atoms with Crippen LogP contribution in [0.15, 0.2) is 29.3 Å². The minimum atomic E-state index is -3.46. The number of anilines is 1. The van der Waals surface area contributed by atoms with Crippen LogP contribution in [0.4, 0.5) is 5.69 Å². The van der Waals surface area contributed by atoms with Gasteiger partial charge in [0.05, 0.1) is 17.6 Å². The topological polar surface area (TPSA) is 88.9 Å². The number of benzene rings is 1. The lowest BCUT2D eigenvalue weighted by Gasteiger charge is -2.13. The molecule has 0 spiro atoms. The first kappa shape index (κ1) is 16.9. The monoisotopic (exact) mass is 349 g/mol. The summed E-state index contributed by atoms with van der Waals surface area (Å²) in [6, 6.07) is 5.62. The molecule has 3 rings (SSSR count). The van der Waals surface area contributed by atoms with Gasteiger partial charge in [-0.15, -0.1) is 5.10 Å². The lowest BCUT2D eigenvalue weighted by Crippen LogP contribution is -2.26. The lowest BCUT2D eigenvalue weighted by molar-refractivity contribution is 0.514. The van der Waals surface area contributed by atoms with E-state index >= 15 is 0 Å². The van der Waals surface area contributed by atoms with Crippen LogP contribution in [0.3, 0.4) is 0 Å². The predicted molar refractivity (Wildman–Crippen MR) is 92.3 cm³/mol. The molecule has 0 radical (unpaired) electrons. The van der Waals surface area contributed by atoms with Crippen molar-refractivity contribution in [1.29, 1.82) is 0 Å². The predicted octanol–water partition coefficient (Wildman–Crippen LogP) is 2.22. The summed E-state index contributed by atoms with van der Waals surface area (Å²) < 4.78 is 29.4. The summed E-state index contributed by atoms with van der Waals surface area (Å²) >= 11 is 0. The first-order valence-electron chi connectivity index (χ1n) is 8.13. The quantitative estimate of drug-likeness (QED) is 0.800. The number of aromatic nitrogens is 3. The second-order valence-corrected chi connectivity index (χ2v) is 8.14. The molecule has 1 heterocycles. The molecule has 2 N–H and O–H groups in total. The van der Waals surface area contributed by atoms with E-state index in [1.807, 2.05) is 33.0 Å². The van der Waals surface area contributed by atoms with E-state index in [0.29, 0.717) is 17.0 Å². The van der Waals surface area contributed by atoms with Gasteiger partial charge in [0.15, 0.2) is 0 Å². The number of hydrogen-bond donors (Lipinski definition) is 2. The van der Waals surface area contributed by atoms with Crippen molar-refractivity contribution in [1.82, 2.24) is 19.7 Å². The average molecular weight is 349 g/mol. The first-order valence-corrected chi connectivity index (χ1v) is 9.61. The van der Waals surface area contributed by atoms with Crippen molar-refractivity contribution >= 4 is 15.7 Å². The Kier molecular flexibility index (Phi) is 4.60. The van der Waals surface area contributed by atoms with Gasteiger partial charge in [-0.2, -0.15) is 0 Å². The zero-order valence-corrected chi connectivity index (χ0v) is 15.0.